The van der Waals surface area contributed by atoms with Crippen LogP contribution in [-0.4, -0.2) is 56.3 Å². The summed E-state index contributed by atoms with van der Waals surface area (Å²) < 4.78 is 13.1. The number of rotatable bonds is 9. The third-order valence-corrected chi connectivity index (χ3v) is 6.06. The quantitative estimate of drug-likeness (QED) is 0.379. The van der Waals surface area contributed by atoms with Crippen molar-refractivity contribution in [3.8, 4) is 28.4 Å². The molecule has 4 aromatic rings. The van der Waals surface area contributed by atoms with Gasteiger partial charge >= 0.3 is 0 Å². The highest BCUT2D eigenvalue weighted by Gasteiger charge is 2.18. The van der Waals surface area contributed by atoms with Crippen LogP contribution in [0, 0.1) is 27.7 Å². The van der Waals surface area contributed by atoms with Crippen molar-refractivity contribution in [2.75, 3.05) is 20.2 Å². The smallest absolute Gasteiger partial charge is 0.160 e. The van der Waals surface area contributed by atoms with Crippen molar-refractivity contribution in [2.45, 2.75) is 40.2 Å². The molecule has 9 nitrogen and oxygen atoms in total. The van der Waals surface area contributed by atoms with Gasteiger partial charge in [0.15, 0.2) is 5.82 Å². The van der Waals surface area contributed by atoms with Gasteiger partial charge in [0.2, 0.25) is 0 Å². The van der Waals surface area contributed by atoms with Crippen LogP contribution in [0.1, 0.15) is 34.1 Å². The average molecular weight is 477 g/mol. The molecule has 1 atom stereocenters. The van der Waals surface area contributed by atoms with E-state index >= 15 is 0 Å². The van der Waals surface area contributed by atoms with Gasteiger partial charge < -0.3 is 19.7 Å². The van der Waals surface area contributed by atoms with Gasteiger partial charge in [-0.2, -0.15) is 5.10 Å². The molecule has 0 aliphatic carbocycles. The number of aromatic nitrogens is 5. The number of aryl methyl sites for hydroxylation is 4. The molecule has 0 radical (unpaired) electrons. The zero-order valence-corrected chi connectivity index (χ0v) is 21.1. The summed E-state index contributed by atoms with van der Waals surface area (Å²) in [4.78, 5) is 9.79. The number of ether oxygens (including phenoxy) is 1. The number of hydrogen-bond donors (Lipinski definition) is 2. The van der Waals surface area contributed by atoms with E-state index < -0.39 is 6.10 Å². The van der Waals surface area contributed by atoms with E-state index in [1.54, 1.807) is 7.05 Å². The lowest BCUT2D eigenvalue weighted by Crippen LogP contribution is -2.29. The van der Waals surface area contributed by atoms with Crippen LogP contribution >= 0.6 is 0 Å². The van der Waals surface area contributed by atoms with Crippen molar-refractivity contribution >= 4 is 0 Å². The van der Waals surface area contributed by atoms with E-state index in [-0.39, 0.29) is 6.61 Å². The van der Waals surface area contributed by atoms with Gasteiger partial charge in [0.05, 0.1) is 22.6 Å². The van der Waals surface area contributed by atoms with Gasteiger partial charge in [0.25, 0.3) is 0 Å². The Labute approximate surface area is 205 Å². The van der Waals surface area contributed by atoms with E-state index in [0.717, 1.165) is 45.2 Å². The second-order valence-electron chi connectivity index (χ2n) is 8.77. The van der Waals surface area contributed by atoms with Crippen LogP contribution in [0.5, 0.6) is 5.75 Å². The Hall–Kier alpha value is -3.56. The van der Waals surface area contributed by atoms with Crippen LogP contribution in [-0.2, 0) is 13.5 Å². The molecule has 2 N–H and O–H groups in total. The molecule has 0 fully saturated rings. The first-order valence-corrected chi connectivity index (χ1v) is 11.6. The number of hydrogen-bond acceptors (Lipinski definition) is 8. The second kappa shape index (κ2) is 10.4. The second-order valence-corrected chi connectivity index (χ2v) is 8.77. The molecule has 0 spiro atoms. The molecule has 184 valence electrons. The molecule has 3 heterocycles. The van der Waals surface area contributed by atoms with Crippen molar-refractivity contribution in [3.05, 3.63) is 64.4 Å². The molecule has 4 rings (SSSR count). The van der Waals surface area contributed by atoms with Crippen molar-refractivity contribution in [2.24, 2.45) is 7.05 Å². The molecule has 0 aliphatic heterocycles. The van der Waals surface area contributed by atoms with Crippen LogP contribution in [0.3, 0.4) is 0 Å². The first kappa shape index (κ1) is 24.6. The molecule has 35 heavy (non-hydrogen) atoms. The molecule has 9 heteroatoms. The van der Waals surface area contributed by atoms with Crippen LogP contribution in [0.25, 0.3) is 22.6 Å². The van der Waals surface area contributed by atoms with Gasteiger partial charge in [-0.25, -0.2) is 9.97 Å². The fourth-order valence-electron chi connectivity index (χ4n) is 4.16. The number of likely N-dealkylation sites (N-methyl/N-ethyl adjacent to an activating group) is 1. The third kappa shape index (κ3) is 5.41. The van der Waals surface area contributed by atoms with Gasteiger partial charge in [-0.15, -0.1) is 0 Å². The van der Waals surface area contributed by atoms with Crippen molar-refractivity contribution < 1.29 is 14.4 Å². The first-order valence-electron chi connectivity index (χ1n) is 11.6. The lowest BCUT2D eigenvalue weighted by Gasteiger charge is -2.13. The number of benzene rings is 1. The molecule has 1 aromatic carbocycles. The van der Waals surface area contributed by atoms with E-state index in [9.17, 15) is 5.11 Å². The molecule has 0 bridgehead atoms. The molecule has 0 aliphatic rings. The summed E-state index contributed by atoms with van der Waals surface area (Å²) in [7, 11) is 3.74. The summed E-state index contributed by atoms with van der Waals surface area (Å²) in [6.45, 7) is 8.53. The Morgan fingerprint density at radius 2 is 1.91 bits per heavy atom. The van der Waals surface area contributed by atoms with Crippen molar-refractivity contribution in [3.63, 3.8) is 0 Å². The summed E-state index contributed by atoms with van der Waals surface area (Å²) in [5.74, 6) is 1.94. The maximum Gasteiger partial charge on any atom is 0.160 e. The van der Waals surface area contributed by atoms with Crippen molar-refractivity contribution in [1.82, 2.24) is 30.2 Å². The molecule has 3 aromatic heterocycles. The van der Waals surface area contributed by atoms with Crippen LogP contribution in [0.4, 0.5) is 0 Å². The van der Waals surface area contributed by atoms with Gasteiger partial charge in [-0.1, -0.05) is 17.3 Å². The van der Waals surface area contributed by atoms with E-state index in [2.05, 4.69) is 22.5 Å². The molecular weight excluding hydrogens is 444 g/mol. The summed E-state index contributed by atoms with van der Waals surface area (Å²) in [6.07, 6.45) is 0.0319. The first-order chi connectivity index (χ1) is 16.8. The zero-order valence-electron chi connectivity index (χ0n) is 21.1. The Balaban J connectivity index is 1.75. The minimum atomic E-state index is -0.597. The highest BCUT2D eigenvalue weighted by molar-refractivity contribution is 5.68. The third-order valence-electron chi connectivity index (χ3n) is 6.06. The molecular formula is C26H32N6O3. The summed E-state index contributed by atoms with van der Waals surface area (Å²) in [5.41, 5.74) is 7.35. The SMILES string of the molecule is CNCC(O)COc1cccc(-c2nc(Cc3c(C)nn(C)c3C)cc(-c3c(C)noc3C)n2)c1. The fraction of sp³-hybridized carbons (Fsp3) is 0.385. The van der Waals surface area contributed by atoms with E-state index in [4.69, 9.17) is 19.2 Å². The number of nitrogens with one attached hydrogen (secondary N) is 1. The van der Waals surface area contributed by atoms with E-state index in [0.29, 0.717) is 30.3 Å². The monoisotopic (exact) mass is 476 g/mol. The lowest BCUT2D eigenvalue weighted by molar-refractivity contribution is 0.108. The minimum absolute atomic E-state index is 0.190. The Kier molecular flexibility index (Phi) is 7.28. The molecule has 1 unspecified atom stereocenters. The topological polar surface area (TPSA) is 111 Å². The predicted molar refractivity (Wildman–Crippen MR) is 133 cm³/mol. The van der Waals surface area contributed by atoms with Crippen LogP contribution < -0.4 is 10.1 Å². The van der Waals surface area contributed by atoms with Crippen molar-refractivity contribution in [1.29, 1.82) is 0 Å². The number of aliphatic hydroxyl groups is 1. The largest absolute Gasteiger partial charge is 0.491 e. The maximum absolute atomic E-state index is 9.98. The summed E-state index contributed by atoms with van der Waals surface area (Å²) in [6, 6.07) is 9.60. The normalized spacial score (nSPS) is 12.2. The lowest BCUT2D eigenvalue weighted by atomic mass is 10.0. The molecule has 0 saturated carbocycles. The average Bonchev–Trinajstić information content (AvgIpc) is 3.29. The van der Waals surface area contributed by atoms with E-state index in [1.807, 2.05) is 62.8 Å². The predicted octanol–water partition coefficient (Wildman–Crippen LogP) is 3.32. The summed E-state index contributed by atoms with van der Waals surface area (Å²) >= 11 is 0. The number of nitrogens with zero attached hydrogens (tertiary/aromatic N) is 5. The minimum Gasteiger partial charge on any atom is -0.491 e. The van der Waals surface area contributed by atoms with Crippen LogP contribution in [0.15, 0.2) is 34.9 Å². The summed E-state index contributed by atoms with van der Waals surface area (Å²) in [5, 5.41) is 21.6. The highest BCUT2D eigenvalue weighted by atomic mass is 16.5. The van der Waals surface area contributed by atoms with Gasteiger partial charge in [0, 0.05) is 42.5 Å². The fourth-order valence-corrected chi connectivity index (χ4v) is 4.16. The van der Waals surface area contributed by atoms with Crippen LogP contribution in [0.2, 0.25) is 0 Å². The molecule has 0 amide bonds. The molecule has 0 saturated heterocycles. The van der Waals surface area contributed by atoms with Gasteiger partial charge in [-0.3, -0.25) is 4.68 Å². The number of aliphatic hydroxyl groups excluding tert-OH is 1. The Bertz CT molecular complexity index is 1310. The Morgan fingerprint density at radius 1 is 1.11 bits per heavy atom. The standard InChI is InChI=1S/C26H32N6O3/c1-15-23(17(3)32(6)30-15)11-20-12-24(25-16(2)31-35-18(25)4)29-26(28-20)19-8-7-9-22(10-19)34-14-21(33)13-27-5/h7-10,12,21,27,33H,11,13-14H2,1-6H3. The Morgan fingerprint density at radius 3 is 2.57 bits per heavy atom. The van der Waals surface area contributed by atoms with E-state index in [1.165, 1.54) is 0 Å². The van der Waals surface area contributed by atoms with Gasteiger partial charge in [0.1, 0.15) is 24.2 Å². The highest BCUT2D eigenvalue weighted by Crippen LogP contribution is 2.30. The van der Waals surface area contributed by atoms with Gasteiger partial charge in [-0.05, 0) is 52.9 Å². The zero-order chi connectivity index (χ0) is 25.1. The maximum atomic E-state index is 9.98.